The summed E-state index contributed by atoms with van der Waals surface area (Å²) in [5.41, 5.74) is 2.24. The second kappa shape index (κ2) is 8.65. The Labute approximate surface area is 175 Å². The predicted octanol–water partition coefficient (Wildman–Crippen LogP) is 4.03. The van der Waals surface area contributed by atoms with Crippen LogP contribution in [0.1, 0.15) is 35.7 Å². The van der Waals surface area contributed by atoms with Gasteiger partial charge in [-0.3, -0.25) is 4.79 Å². The van der Waals surface area contributed by atoms with Crippen molar-refractivity contribution in [1.82, 2.24) is 19.9 Å². The van der Waals surface area contributed by atoms with E-state index in [0.29, 0.717) is 24.4 Å². The number of hydrogen-bond acceptors (Lipinski definition) is 4. The van der Waals surface area contributed by atoms with Crippen molar-refractivity contribution in [2.24, 2.45) is 5.92 Å². The van der Waals surface area contributed by atoms with Crippen LogP contribution in [0, 0.1) is 18.7 Å². The molecule has 0 saturated carbocycles. The number of carbonyl (C=O) groups excluding carboxylic acids is 1. The molecule has 2 atom stereocenters. The van der Waals surface area contributed by atoms with Gasteiger partial charge in [0.05, 0.1) is 30.3 Å². The minimum absolute atomic E-state index is 0.0471. The van der Waals surface area contributed by atoms with Crippen LogP contribution < -0.4 is 4.74 Å². The molecular formula is C23H25FN4O2. The van der Waals surface area contributed by atoms with Crippen LogP contribution in [0.4, 0.5) is 4.39 Å². The maximum Gasteiger partial charge on any atom is 0.256 e. The van der Waals surface area contributed by atoms with Gasteiger partial charge in [-0.1, -0.05) is 23.8 Å². The zero-order valence-electron chi connectivity index (χ0n) is 17.2. The number of nitrogens with zero attached hydrogens (tertiary/aromatic N) is 4. The molecule has 2 heterocycles. The smallest absolute Gasteiger partial charge is 0.256 e. The Morgan fingerprint density at radius 1 is 1.17 bits per heavy atom. The van der Waals surface area contributed by atoms with E-state index in [1.807, 2.05) is 30.0 Å². The van der Waals surface area contributed by atoms with Gasteiger partial charge in [-0.25, -0.2) is 4.39 Å². The van der Waals surface area contributed by atoms with Gasteiger partial charge in [-0.15, -0.1) is 0 Å². The van der Waals surface area contributed by atoms with Gasteiger partial charge in [0.15, 0.2) is 11.6 Å². The summed E-state index contributed by atoms with van der Waals surface area (Å²) in [6, 6.07) is 12.2. The average Bonchev–Trinajstić information content (AvgIpc) is 3.28. The SMILES string of the molecule is Cc1ccc(-n2nccn2)c(C(=O)N2CC(COc3ccccc3F)CC[C@H]2C)c1. The van der Waals surface area contributed by atoms with E-state index < -0.39 is 0 Å². The number of piperidine rings is 1. The number of para-hydroxylation sites is 1. The Kier molecular flexibility index (Phi) is 5.79. The third-order valence-electron chi connectivity index (χ3n) is 5.57. The fourth-order valence-electron chi connectivity index (χ4n) is 3.86. The van der Waals surface area contributed by atoms with Crippen molar-refractivity contribution in [3.63, 3.8) is 0 Å². The Hall–Kier alpha value is -3.22. The third kappa shape index (κ3) is 4.20. The zero-order chi connectivity index (χ0) is 21.1. The molecule has 1 fully saturated rings. The first kappa shape index (κ1) is 20.1. The van der Waals surface area contributed by atoms with Crippen LogP contribution in [0.3, 0.4) is 0 Å². The third-order valence-corrected chi connectivity index (χ3v) is 5.57. The number of halogens is 1. The van der Waals surface area contributed by atoms with Crippen LogP contribution in [0.2, 0.25) is 0 Å². The number of amides is 1. The lowest BCUT2D eigenvalue weighted by molar-refractivity contribution is 0.0502. The van der Waals surface area contributed by atoms with Crippen molar-refractivity contribution in [2.75, 3.05) is 13.2 Å². The lowest BCUT2D eigenvalue weighted by Gasteiger charge is -2.38. The highest BCUT2D eigenvalue weighted by Gasteiger charge is 2.31. The molecule has 6 nitrogen and oxygen atoms in total. The van der Waals surface area contributed by atoms with Crippen LogP contribution in [-0.4, -0.2) is 45.0 Å². The van der Waals surface area contributed by atoms with E-state index in [2.05, 4.69) is 17.1 Å². The number of ether oxygens (including phenoxy) is 1. The van der Waals surface area contributed by atoms with E-state index in [-0.39, 0.29) is 29.4 Å². The number of carbonyl (C=O) groups is 1. The second-order valence-corrected chi connectivity index (χ2v) is 7.83. The number of benzene rings is 2. The van der Waals surface area contributed by atoms with E-state index in [1.165, 1.54) is 10.9 Å². The maximum absolute atomic E-state index is 13.8. The normalized spacial score (nSPS) is 19.0. The van der Waals surface area contributed by atoms with Crippen LogP contribution >= 0.6 is 0 Å². The molecule has 1 aromatic heterocycles. The molecule has 7 heteroatoms. The molecule has 2 aromatic carbocycles. The van der Waals surface area contributed by atoms with Crippen molar-refractivity contribution in [1.29, 1.82) is 0 Å². The van der Waals surface area contributed by atoms with Gasteiger partial charge >= 0.3 is 0 Å². The summed E-state index contributed by atoms with van der Waals surface area (Å²) in [5.74, 6) is -0.0274. The van der Waals surface area contributed by atoms with Crippen molar-refractivity contribution < 1.29 is 13.9 Å². The summed E-state index contributed by atoms with van der Waals surface area (Å²) in [7, 11) is 0. The Morgan fingerprint density at radius 3 is 2.70 bits per heavy atom. The zero-order valence-corrected chi connectivity index (χ0v) is 17.2. The van der Waals surface area contributed by atoms with E-state index >= 15 is 0 Å². The minimum Gasteiger partial charge on any atom is -0.490 e. The highest BCUT2D eigenvalue weighted by molar-refractivity contribution is 5.98. The van der Waals surface area contributed by atoms with Crippen LogP contribution in [0.15, 0.2) is 54.9 Å². The quantitative estimate of drug-likeness (QED) is 0.639. The molecule has 1 saturated heterocycles. The van der Waals surface area contributed by atoms with Crippen LogP contribution in [0.5, 0.6) is 5.75 Å². The molecular weight excluding hydrogens is 383 g/mol. The van der Waals surface area contributed by atoms with Crippen molar-refractivity contribution in [3.05, 3.63) is 71.8 Å². The van der Waals surface area contributed by atoms with Gasteiger partial charge in [-0.2, -0.15) is 15.0 Å². The molecule has 1 aliphatic heterocycles. The number of hydrogen-bond donors (Lipinski definition) is 0. The molecule has 0 spiro atoms. The monoisotopic (exact) mass is 408 g/mol. The maximum atomic E-state index is 13.8. The number of aromatic nitrogens is 3. The van der Waals surface area contributed by atoms with E-state index in [0.717, 1.165) is 18.4 Å². The van der Waals surface area contributed by atoms with E-state index in [4.69, 9.17) is 4.74 Å². The van der Waals surface area contributed by atoms with Crippen molar-refractivity contribution in [2.45, 2.75) is 32.7 Å². The largest absolute Gasteiger partial charge is 0.490 e. The fourth-order valence-corrected chi connectivity index (χ4v) is 3.86. The van der Waals surface area contributed by atoms with Crippen molar-refractivity contribution >= 4 is 5.91 Å². The molecule has 1 amide bonds. The summed E-state index contributed by atoms with van der Waals surface area (Å²) in [6.07, 6.45) is 4.99. The first-order valence-corrected chi connectivity index (χ1v) is 10.2. The molecule has 156 valence electrons. The molecule has 1 unspecified atom stereocenters. The van der Waals surface area contributed by atoms with Gasteiger partial charge in [0.1, 0.15) is 0 Å². The number of rotatable bonds is 5. The fraction of sp³-hybridized carbons (Fsp3) is 0.348. The molecule has 0 N–H and O–H groups in total. The van der Waals surface area contributed by atoms with Gasteiger partial charge < -0.3 is 9.64 Å². The van der Waals surface area contributed by atoms with Gasteiger partial charge in [0.25, 0.3) is 5.91 Å². The van der Waals surface area contributed by atoms with Gasteiger partial charge in [0, 0.05) is 18.5 Å². The highest BCUT2D eigenvalue weighted by Crippen LogP contribution is 2.27. The van der Waals surface area contributed by atoms with Gasteiger partial charge in [0.2, 0.25) is 0 Å². The summed E-state index contributed by atoms with van der Waals surface area (Å²) >= 11 is 0. The van der Waals surface area contributed by atoms with Crippen molar-refractivity contribution in [3.8, 4) is 11.4 Å². The molecule has 1 aliphatic rings. The summed E-state index contributed by atoms with van der Waals surface area (Å²) < 4.78 is 19.6. The standard InChI is InChI=1S/C23H25FN4O2/c1-16-7-10-21(28-25-11-12-26-28)19(13-16)23(29)27-14-18(9-8-17(27)2)15-30-22-6-4-3-5-20(22)24/h3-7,10-13,17-18H,8-9,14-15H2,1-2H3/t17-,18?/m1/s1. The highest BCUT2D eigenvalue weighted by atomic mass is 19.1. The summed E-state index contributed by atoms with van der Waals surface area (Å²) in [6.45, 7) is 4.96. The molecule has 0 radical (unpaired) electrons. The lowest BCUT2D eigenvalue weighted by Crippen LogP contribution is -2.47. The minimum atomic E-state index is -0.370. The number of aryl methyl sites for hydroxylation is 1. The van der Waals surface area contributed by atoms with Crippen LogP contribution in [0.25, 0.3) is 5.69 Å². The molecule has 3 aromatic rings. The Bertz CT molecular complexity index is 1020. The molecule has 0 aliphatic carbocycles. The molecule has 4 rings (SSSR count). The first-order valence-electron chi connectivity index (χ1n) is 10.2. The Morgan fingerprint density at radius 2 is 1.93 bits per heavy atom. The van der Waals surface area contributed by atoms with E-state index in [1.54, 1.807) is 30.6 Å². The Balaban J connectivity index is 1.52. The first-order chi connectivity index (χ1) is 14.5. The topological polar surface area (TPSA) is 60.2 Å². The van der Waals surface area contributed by atoms with Gasteiger partial charge in [-0.05, 0) is 51.0 Å². The number of likely N-dealkylation sites (tertiary alicyclic amines) is 1. The molecule has 30 heavy (non-hydrogen) atoms. The molecule has 0 bridgehead atoms. The van der Waals surface area contributed by atoms with E-state index in [9.17, 15) is 9.18 Å². The van der Waals surface area contributed by atoms with Crippen LogP contribution in [-0.2, 0) is 0 Å². The lowest BCUT2D eigenvalue weighted by atomic mass is 9.93. The summed E-state index contributed by atoms with van der Waals surface area (Å²) in [5, 5.41) is 8.38. The summed E-state index contributed by atoms with van der Waals surface area (Å²) in [4.78, 5) is 16.9. The average molecular weight is 408 g/mol. The second-order valence-electron chi connectivity index (χ2n) is 7.83. The predicted molar refractivity (Wildman–Crippen MR) is 111 cm³/mol.